The standard InChI is InChI=1S/C32H32ClF3N2O/c1-31(25-13-5-3-6-14-25,26-15-7-4-8-16-26)38(20-11-21-39-28-18-10-17-27(22-28)37-2)23-24-12-9-19-29(30(24)33)32(34,35)36/h3-10,12-19,22,37H,11,20-21,23H2,1-2H3. The van der Waals surface area contributed by atoms with Crippen molar-refractivity contribution in [2.45, 2.75) is 31.6 Å². The zero-order valence-corrected chi connectivity index (χ0v) is 22.8. The second kappa shape index (κ2) is 12.6. The molecule has 0 saturated heterocycles. The number of nitrogens with zero attached hydrogens (tertiary/aromatic N) is 1. The number of ether oxygens (including phenoxy) is 1. The Bertz CT molecular complexity index is 1310. The van der Waals surface area contributed by atoms with E-state index in [9.17, 15) is 13.2 Å². The van der Waals surface area contributed by atoms with Crippen molar-refractivity contribution in [3.63, 3.8) is 0 Å². The van der Waals surface area contributed by atoms with Gasteiger partial charge >= 0.3 is 6.18 Å². The van der Waals surface area contributed by atoms with Crippen LogP contribution in [0.25, 0.3) is 0 Å². The molecule has 4 aromatic carbocycles. The van der Waals surface area contributed by atoms with Crippen LogP contribution in [0.15, 0.2) is 103 Å². The highest BCUT2D eigenvalue weighted by molar-refractivity contribution is 6.32. The summed E-state index contributed by atoms with van der Waals surface area (Å²) in [6.45, 7) is 3.33. The Balaban J connectivity index is 1.68. The molecule has 0 aliphatic rings. The van der Waals surface area contributed by atoms with Gasteiger partial charge in [0.2, 0.25) is 0 Å². The van der Waals surface area contributed by atoms with Gasteiger partial charge < -0.3 is 10.1 Å². The van der Waals surface area contributed by atoms with E-state index in [4.69, 9.17) is 16.3 Å². The predicted octanol–water partition coefficient (Wildman–Crippen LogP) is 8.64. The molecule has 0 saturated carbocycles. The van der Waals surface area contributed by atoms with Crippen LogP contribution >= 0.6 is 11.6 Å². The number of nitrogens with one attached hydrogen (secondary N) is 1. The highest BCUT2D eigenvalue weighted by Gasteiger charge is 2.37. The van der Waals surface area contributed by atoms with Crippen molar-refractivity contribution in [1.29, 1.82) is 0 Å². The van der Waals surface area contributed by atoms with E-state index in [2.05, 4.69) is 17.1 Å². The van der Waals surface area contributed by atoms with Gasteiger partial charge in [0, 0.05) is 31.9 Å². The minimum absolute atomic E-state index is 0.221. The van der Waals surface area contributed by atoms with Crippen LogP contribution in [0, 0.1) is 0 Å². The summed E-state index contributed by atoms with van der Waals surface area (Å²) < 4.78 is 47.0. The summed E-state index contributed by atoms with van der Waals surface area (Å²) in [6.07, 6.45) is -3.88. The average molecular weight is 553 g/mol. The highest BCUT2D eigenvalue weighted by Crippen LogP contribution is 2.40. The Hall–Kier alpha value is -3.48. The minimum Gasteiger partial charge on any atom is -0.493 e. The fraction of sp³-hybridized carbons (Fsp3) is 0.250. The lowest BCUT2D eigenvalue weighted by Gasteiger charge is -2.43. The molecule has 0 spiro atoms. The fourth-order valence-corrected chi connectivity index (χ4v) is 5.12. The zero-order valence-electron chi connectivity index (χ0n) is 22.0. The van der Waals surface area contributed by atoms with Crippen molar-refractivity contribution in [2.75, 3.05) is 25.5 Å². The van der Waals surface area contributed by atoms with E-state index >= 15 is 0 Å². The van der Waals surface area contributed by atoms with Gasteiger partial charge in [0.25, 0.3) is 0 Å². The molecule has 0 heterocycles. The predicted molar refractivity (Wildman–Crippen MR) is 152 cm³/mol. The van der Waals surface area contributed by atoms with Gasteiger partial charge in [0.1, 0.15) is 5.75 Å². The molecule has 0 aliphatic carbocycles. The lowest BCUT2D eigenvalue weighted by Crippen LogP contribution is -2.45. The van der Waals surface area contributed by atoms with Crippen LogP contribution < -0.4 is 10.1 Å². The van der Waals surface area contributed by atoms with Gasteiger partial charge in [0.05, 0.1) is 22.7 Å². The van der Waals surface area contributed by atoms with E-state index in [1.54, 1.807) is 6.07 Å². The van der Waals surface area contributed by atoms with E-state index in [1.165, 1.54) is 6.07 Å². The lowest BCUT2D eigenvalue weighted by molar-refractivity contribution is -0.137. The molecule has 0 radical (unpaired) electrons. The van der Waals surface area contributed by atoms with Gasteiger partial charge in [-0.25, -0.2) is 0 Å². The number of alkyl halides is 3. The highest BCUT2D eigenvalue weighted by atomic mass is 35.5. The van der Waals surface area contributed by atoms with Crippen molar-refractivity contribution in [2.24, 2.45) is 0 Å². The van der Waals surface area contributed by atoms with Crippen LogP contribution in [0.5, 0.6) is 5.75 Å². The lowest BCUT2D eigenvalue weighted by atomic mass is 9.82. The zero-order chi connectivity index (χ0) is 27.9. The minimum atomic E-state index is -4.53. The van der Waals surface area contributed by atoms with Gasteiger partial charge in [0.15, 0.2) is 0 Å². The Morgan fingerprint density at radius 1 is 0.821 bits per heavy atom. The largest absolute Gasteiger partial charge is 0.493 e. The quantitative estimate of drug-likeness (QED) is 0.188. The van der Waals surface area contributed by atoms with Gasteiger partial charge in [-0.3, -0.25) is 4.90 Å². The summed E-state index contributed by atoms with van der Waals surface area (Å²) in [5, 5.41) is 2.83. The molecule has 0 bridgehead atoms. The first-order valence-electron chi connectivity index (χ1n) is 12.8. The second-order valence-corrected chi connectivity index (χ2v) is 9.86. The van der Waals surface area contributed by atoms with Gasteiger partial charge in [-0.2, -0.15) is 13.2 Å². The summed E-state index contributed by atoms with van der Waals surface area (Å²) in [6, 6.07) is 31.8. The van der Waals surface area contributed by atoms with Crippen LogP contribution in [0.4, 0.5) is 18.9 Å². The van der Waals surface area contributed by atoms with E-state index < -0.39 is 17.3 Å². The molecule has 3 nitrogen and oxygen atoms in total. The molecule has 0 amide bonds. The van der Waals surface area contributed by atoms with Crippen molar-refractivity contribution in [1.82, 2.24) is 4.90 Å². The second-order valence-electron chi connectivity index (χ2n) is 9.48. The van der Waals surface area contributed by atoms with Gasteiger partial charge in [-0.15, -0.1) is 0 Å². The molecule has 7 heteroatoms. The maximum atomic E-state index is 13.7. The maximum absolute atomic E-state index is 13.7. The SMILES string of the molecule is CNc1cccc(OCCCN(Cc2cccc(C(F)(F)F)c2Cl)C(C)(c2ccccc2)c2ccccc2)c1. The summed E-state index contributed by atoms with van der Waals surface area (Å²) in [5.74, 6) is 0.753. The number of hydrogen-bond donors (Lipinski definition) is 1. The van der Waals surface area contributed by atoms with E-state index in [0.29, 0.717) is 25.1 Å². The first-order valence-corrected chi connectivity index (χ1v) is 13.2. The molecule has 0 atom stereocenters. The monoisotopic (exact) mass is 552 g/mol. The van der Waals surface area contributed by atoms with Gasteiger partial charge in [-0.05, 0) is 48.2 Å². The first kappa shape index (κ1) is 28.5. The third kappa shape index (κ3) is 6.75. The van der Waals surface area contributed by atoms with Gasteiger partial charge in [-0.1, -0.05) is 90.5 Å². The molecular weight excluding hydrogens is 521 g/mol. The first-order chi connectivity index (χ1) is 18.7. The fourth-order valence-electron chi connectivity index (χ4n) is 4.83. The van der Waals surface area contributed by atoms with Crippen LogP contribution in [-0.4, -0.2) is 25.1 Å². The molecular formula is C32H32ClF3N2O. The van der Waals surface area contributed by atoms with E-state index in [-0.39, 0.29) is 11.6 Å². The van der Waals surface area contributed by atoms with Crippen molar-refractivity contribution >= 4 is 17.3 Å². The van der Waals surface area contributed by atoms with Crippen molar-refractivity contribution in [3.8, 4) is 5.75 Å². The van der Waals surface area contributed by atoms with Crippen molar-refractivity contribution in [3.05, 3.63) is 130 Å². The van der Waals surface area contributed by atoms with Crippen LogP contribution in [0.2, 0.25) is 5.02 Å². The molecule has 39 heavy (non-hydrogen) atoms. The Morgan fingerprint density at radius 3 is 2.03 bits per heavy atom. The summed E-state index contributed by atoms with van der Waals surface area (Å²) in [7, 11) is 1.85. The maximum Gasteiger partial charge on any atom is 0.417 e. The summed E-state index contributed by atoms with van der Waals surface area (Å²) in [4.78, 5) is 2.19. The Labute approximate surface area is 233 Å². The molecule has 4 aromatic rings. The molecule has 1 N–H and O–H groups in total. The number of anilines is 1. The number of benzene rings is 4. The van der Waals surface area contributed by atoms with E-state index in [0.717, 1.165) is 28.6 Å². The van der Waals surface area contributed by atoms with Crippen molar-refractivity contribution < 1.29 is 17.9 Å². The average Bonchev–Trinajstić information content (AvgIpc) is 2.95. The normalized spacial score (nSPS) is 12.0. The molecule has 0 aromatic heterocycles. The topological polar surface area (TPSA) is 24.5 Å². The summed E-state index contributed by atoms with van der Waals surface area (Å²) >= 11 is 6.37. The number of hydrogen-bond acceptors (Lipinski definition) is 3. The third-order valence-corrected chi connectivity index (χ3v) is 7.46. The molecule has 4 rings (SSSR count). The number of rotatable bonds is 11. The smallest absolute Gasteiger partial charge is 0.417 e. The molecule has 204 valence electrons. The Morgan fingerprint density at radius 2 is 1.44 bits per heavy atom. The number of halogens is 4. The van der Waals surface area contributed by atoms with Crippen LogP contribution in [0.3, 0.4) is 0 Å². The van der Waals surface area contributed by atoms with E-state index in [1.807, 2.05) is 92.0 Å². The summed E-state index contributed by atoms with van der Waals surface area (Å²) in [5.41, 5.74) is 1.97. The Kier molecular flexibility index (Phi) is 9.20. The third-order valence-electron chi connectivity index (χ3n) is 7.01. The molecule has 0 fully saturated rings. The molecule has 0 unspecified atom stereocenters. The van der Waals surface area contributed by atoms with Crippen LogP contribution in [0.1, 0.15) is 35.6 Å². The molecule has 0 aliphatic heterocycles. The van der Waals surface area contributed by atoms with Crippen LogP contribution in [-0.2, 0) is 18.3 Å².